The third-order valence-corrected chi connectivity index (χ3v) is 5.94. The maximum Gasteiger partial charge on any atom is 0.269 e. The molecule has 31 heavy (non-hydrogen) atoms. The average Bonchev–Trinajstić information content (AvgIpc) is 2.79. The summed E-state index contributed by atoms with van der Waals surface area (Å²) < 4.78 is 11.0. The molecule has 8 heteroatoms. The lowest BCUT2D eigenvalue weighted by Crippen LogP contribution is -2.40. The van der Waals surface area contributed by atoms with Gasteiger partial charge in [-0.2, -0.15) is 0 Å². The van der Waals surface area contributed by atoms with E-state index in [0.717, 1.165) is 36.3 Å². The lowest BCUT2D eigenvalue weighted by Gasteiger charge is -2.34. The van der Waals surface area contributed by atoms with Gasteiger partial charge in [0.2, 0.25) is 5.91 Å². The van der Waals surface area contributed by atoms with E-state index >= 15 is 0 Å². The van der Waals surface area contributed by atoms with E-state index in [-0.39, 0.29) is 17.5 Å². The zero-order valence-corrected chi connectivity index (χ0v) is 18.4. The van der Waals surface area contributed by atoms with Gasteiger partial charge in [0, 0.05) is 12.1 Å². The maximum atomic E-state index is 13.1. The molecule has 0 aliphatic carbocycles. The maximum absolute atomic E-state index is 13.1. The number of methoxy groups -OCH3 is 2. The van der Waals surface area contributed by atoms with Gasteiger partial charge in [-0.15, -0.1) is 0 Å². The summed E-state index contributed by atoms with van der Waals surface area (Å²) in [6, 6.07) is 9.62. The molecule has 0 saturated heterocycles. The van der Waals surface area contributed by atoms with E-state index in [9.17, 15) is 14.9 Å². The van der Waals surface area contributed by atoms with Gasteiger partial charge in [-0.1, -0.05) is 13.8 Å². The molecule has 1 aliphatic rings. The molecule has 8 nitrogen and oxygen atoms in total. The number of amides is 1. The van der Waals surface area contributed by atoms with E-state index in [1.165, 1.54) is 12.1 Å². The minimum absolute atomic E-state index is 0.00974. The smallest absolute Gasteiger partial charge is 0.269 e. The Bertz CT molecular complexity index is 941. The number of nitrogens with zero attached hydrogens (tertiary/aromatic N) is 2. The first kappa shape index (κ1) is 22.6. The summed E-state index contributed by atoms with van der Waals surface area (Å²) in [7, 11) is 3.15. The van der Waals surface area contributed by atoms with Crippen LogP contribution in [0.1, 0.15) is 48.9 Å². The van der Waals surface area contributed by atoms with Crippen LogP contribution in [0, 0.1) is 10.1 Å². The van der Waals surface area contributed by atoms with Crippen LogP contribution in [-0.4, -0.2) is 49.6 Å². The van der Waals surface area contributed by atoms with Crippen molar-refractivity contribution in [2.45, 2.75) is 32.2 Å². The van der Waals surface area contributed by atoms with E-state index in [1.807, 2.05) is 12.1 Å². The topological polar surface area (TPSA) is 93.9 Å². The molecule has 0 radical (unpaired) electrons. The highest BCUT2D eigenvalue weighted by Crippen LogP contribution is 2.42. The van der Waals surface area contributed by atoms with Crippen LogP contribution in [0.2, 0.25) is 0 Å². The second kappa shape index (κ2) is 9.78. The van der Waals surface area contributed by atoms with Crippen LogP contribution in [-0.2, 0) is 4.79 Å². The molecule has 1 amide bonds. The number of non-ortho nitro benzene ring substituents is 1. The second-order valence-electron chi connectivity index (χ2n) is 7.49. The first-order chi connectivity index (χ1) is 14.9. The Morgan fingerprint density at radius 1 is 1.03 bits per heavy atom. The zero-order valence-electron chi connectivity index (χ0n) is 18.4. The van der Waals surface area contributed by atoms with E-state index < -0.39 is 11.0 Å². The highest BCUT2D eigenvalue weighted by atomic mass is 16.6. The lowest BCUT2D eigenvalue weighted by atomic mass is 9.81. The predicted molar refractivity (Wildman–Crippen MR) is 118 cm³/mol. The normalized spacial score (nSPS) is 17.8. The van der Waals surface area contributed by atoms with E-state index in [0.29, 0.717) is 17.9 Å². The number of nitro groups is 1. The Kier molecular flexibility index (Phi) is 7.12. The minimum atomic E-state index is -0.436. The lowest BCUT2D eigenvalue weighted by molar-refractivity contribution is -0.384. The summed E-state index contributed by atoms with van der Waals surface area (Å²) in [5.41, 5.74) is 2.60. The monoisotopic (exact) mass is 427 g/mol. The third kappa shape index (κ3) is 4.64. The summed E-state index contributed by atoms with van der Waals surface area (Å²) in [6.07, 6.45) is 0.684. The van der Waals surface area contributed by atoms with Crippen molar-refractivity contribution in [3.8, 4) is 11.5 Å². The van der Waals surface area contributed by atoms with Gasteiger partial charge in [-0.3, -0.25) is 14.9 Å². The fraction of sp³-hybridized carbons (Fsp3) is 0.435. The molecule has 0 fully saturated rings. The van der Waals surface area contributed by atoms with Gasteiger partial charge in [0.1, 0.15) is 0 Å². The number of hydrogen-bond donors (Lipinski definition) is 1. The SMILES string of the molecule is CCN(CC)CCC1C(=O)NC(c2ccc([N+](=O)[O-])cc2)c2cc(OC)c(OC)cc21. The molecule has 0 spiro atoms. The molecular weight excluding hydrogens is 398 g/mol. The number of carbonyl (C=O) groups excluding carboxylic acids is 1. The van der Waals surface area contributed by atoms with E-state index in [2.05, 4.69) is 24.1 Å². The molecule has 166 valence electrons. The first-order valence-electron chi connectivity index (χ1n) is 10.5. The molecule has 1 N–H and O–H groups in total. The van der Waals surface area contributed by atoms with Gasteiger partial charge < -0.3 is 19.7 Å². The number of fused-ring (bicyclic) bond motifs is 1. The predicted octanol–water partition coefficient (Wildman–Crippen LogP) is 3.65. The van der Waals surface area contributed by atoms with Crippen LogP contribution in [0.25, 0.3) is 0 Å². The summed E-state index contributed by atoms with van der Waals surface area (Å²) in [4.78, 5) is 26.0. The summed E-state index contributed by atoms with van der Waals surface area (Å²) in [5, 5.41) is 14.1. The Labute approximate surface area is 182 Å². The molecule has 0 saturated carbocycles. The van der Waals surface area contributed by atoms with Crippen molar-refractivity contribution in [2.24, 2.45) is 0 Å². The molecule has 1 heterocycles. The Morgan fingerprint density at radius 2 is 1.61 bits per heavy atom. The summed E-state index contributed by atoms with van der Waals surface area (Å²) >= 11 is 0. The molecule has 0 aromatic heterocycles. The van der Waals surface area contributed by atoms with Crippen molar-refractivity contribution in [1.82, 2.24) is 10.2 Å². The summed E-state index contributed by atoms with van der Waals surface area (Å²) in [6.45, 7) is 6.87. The van der Waals surface area contributed by atoms with E-state index in [4.69, 9.17) is 9.47 Å². The number of carbonyl (C=O) groups is 1. The number of ether oxygens (including phenoxy) is 2. The molecule has 2 aromatic carbocycles. The highest BCUT2D eigenvalue weighted by Gasteiger charge is 2.35. The number of rotatable bonds is 9. The van der Waals surface area contributed by atoms with Crippen molar-refractivity contribution in [1.29, 1.82) is 0 Å². The van der Waals surface area contributed by atoms with Gasteiger partial charge in [-0.05, 0) is 67.0 Å². The first-order valence-corrected chi connectivity index (χ1v) is 10.5. The Morgan fingerprint density at radius 3 is 2.13 bits per heavy atom. The molecule has 3 rings (SSSR count). The third-order valence-electron chi connectivity index (χ3n) is 5.94. The number of benzene rings is 2. The Balaban J connectivity index is 2.04. The quantitative estimate of drug-likeness (QED) is 0.485. The molecule has 2 unspecified atom stereocenters. The number of hydrogen-bond acceptors (Lipinski definition) is 6. The minimum Gasteiger partial charge on any atom is -0.493 e. The summed E-state index contributed by atoms with van der Waals surface area (Å²) in [5.74, 6) is 0.776. The van der Waals surface area contributed by atoms with Crippen molar-refractivity contribution >= 4 is 11.6 Å². The molecule has 2 atom stereocenters. The average molecular weight is 428 g/mol. The number of nitrogens with one attached hydrogen (secondary N) is 1. The fourth-order valence-corrected chi connectivity index (χ4v) is 4.11. The Hall–Kier alpha value is -3.13. The van der Waals surface area contributed by atoms with Crippen LogP contribution >= 0.6 is 0 Å². The largest absolute Gasteiger partial charge is 0.493 e. The van der Waals surface area contributed by atoms with Gasteiger partial charge >= 0.3 is 0 Å². The van der Waals surface area contributed by atoms with Crippen molar-refractivity contribution in [2.75, 3.05) is 33.9 Å². The van der Waals surface area contributed by atoms with Crippen LogP contribution in [0.3, 0.4) is 0 Å². The fourth-order valence-electron chi connectivity index (χ4n) is 4.11. The molecule has 2 aromatic rings. The van der Waals surface area contributed by atoms with Crippen LogP contribution in [0.4, 0.5) is 5.69 Å². The van der Waals surface area contributed by atoms with Gasteiger partial charge in [-0.25, -0.2) is 0 Å². The molecule has 1 aliphatic heterocycles. The van der Waals surface area contributed by atoms with Crippen LogP contribution < -0.4 is 14.8 Å². The van der Waals surface area contributed by atoms with Crippen molar-refractivity contribution in [3.63, 3.8) is 0 Å². The van der Waals surface area contributed by atoms with Crippen LogP contribution in [0.15, 0.2) is 36.4 Å². The zero-order chi connectivity index (χ0) is 22.5. The van der Waals surface area contributed by atoms with E-state index in [1.54, 1.807) is 26.4 Å². The van der Waals surface area contributed by atoms with Gasteiger partial charge in [0.15, 0.2) is 11.5 Å². The number of nitro benzene ring substituents is 1. The standard InChI is InChI=1S/C23H29N3O5/c1-5-25(6-2)12-11-17-18-13-20(30-3)21(31-4)14-19(18)22(24-23(17)27)15-7-9-16(10-8-15)26(28)29/h7-10,13-14,17,22H,5-6,11-12H2,1-4H3,(H,24,27). The van der Waals surface area contributed by atoms with Crippen molar-refractivity contribution in [3.05, 3.63) is 63.2 Å². The van der Waals surface area contributed by atoms with Gasteiger partial charge in [0.05, 0.1) is 31.1 Å². The van der Waals surface area contributed by atoms with Gasteiger partial charge in [0.25, 0.3) is 5.69 Å². The molecule has 0 bridgehead atoms. The van der Waals surface area contributed by atoms with Crippen molar-refractivity contribution < 1.29 is 19.2 Å². The second-order valence-corrected chi connectivity index (χ2v) is 7.49. The molecular formula is C23H29N3O5. The van der Waals surface area contributed by atoms with Crippen LogP contribution in [0.5, 0.6) is 11.5 Å². The highest BCUT2D eigenvalue weighted by molar-refractivity contribution is 5.87.